The summed E-state index contributed by atoms with van der Waals surface area (Å²) in [6.07, 6.45) is 0.890. The molecular weight excluding hydrogens is 162 g/mol. The molecule has 1 aromatic carbocycles. The maximum absolute atomic E-state index is 8.94. The average Bonchev–Trinajstić information content (AvgIpc) is 2.13. The zero-order valence-electron chi connectivity index (χ0n) is 8.46. The van der Waals surface area contributed by atoms with Crippen LogP contribution >= 0.6 is 0 Å². The molecule has 2 N–H and O–H groups in total. The second kappa shape index (κ2) is 4.40. The Morgan fingerprint density at radius 2 is 2.08 bits per heavy atom. The summed E-state index contributed by atoms with van der Waals surface area (Å²) in [5, 5.41) is 8.94. The number of nitrogens with one attached hydrogen (secondary N) is 1. The summed E-state index contributed by atoms with van der Waals surface area (Å²) in [7, 11) is 0. The fourth-order valence-electron chi connectivity index (χ4n) is 1.52. The Morgan fingerprint density at radius 1 is 1.38 bits per heavy atom. The molecule has 2 nitrogen and oxygen atoms in total. The predicted molar refractivity (Wildman–Crippen MR) is 53.9 cm³/mol. The minimum Gasteiger partial charge on any atom is -0.316 e. The highest BCUT2D eigenvalue weighted by Gasteiger charge is 2.09. The van der Waals surface area contributed by atoms with E-state index in [-0.39, 0.29) is 6.04 Å². The van der Waals surface area contributed by atoms with Crippen molar-refractivity contribution in [1.82, 2.24) is 5.48 Å². The fourth-order valence-corrected chi connectivity index (χ4v) is 1.52. The van der Waals surface area contributed by atoms with Crippen LogP contribution in [0.5, 0.6) is 0 Å². The van der Waals surface area contributed by atoms with Gasteiger partial charge in [-0.3, -0.25) is 0 Å². The van der Waals surface area contributed by atoms with E-state index in [1.165, 1.54) is 16.7 Å². The van der Waals surface area contributed by atoms with Crippen LogP contribution in [0.1, 0.15) is 36.1 Å². The number of aryl methyl sites for hydroxylation is 2. The van der Waals surface area contributed by atoms with Crippen LogP contribution < -0.4 is 5.48 Å². The Hall–Kier alpha value is -0.860. The smallest absolute Gasteiger partial charge is 0.0569 e. The maximum atomic E-state index is 8.94. The number of rotatable bonds is 3. The Bertz CT molecular complexity index is 279. The first-order valence-corrected chi connectivity index (χ1v) is 4.65. The highest BCUT2D eigenvalue weighted by atomic mass is 16.5. The fraction of sp³-hybridized carbons (Fsp3) is 0.455. The minimum absolute atomic E-state index is 0.0555. The molecule has 0 spiro atoms. The summed E-state index contributed by atoms with van der Waals surface area (Å²) in [4.78, 5) is 0. The zero-order chi connectivity index (χ0) is 9.84. The highest BCUT2D eigenvalue weighted by molar-refractivity contribution is 5.32. The predicted octanol–water partition coefficient (Wildman–Crippen LogP) is 2.73. The molecule has 0 amide bonds. The first-order valence-electron chi connectivity index (χ1n) is 4.65. The monoisotopic (exact) mass is 179 g/mol. The summed E-state index contributed by atoms with van der Waals surface area (Å²) in [5.74, 6) is 0. The van der Waals surface area contributed by atoms with Gasteiger partial charge in [0.15, 0.2) is 0 Å². The SMILES string of the molecule is CC[C@@H](NO)c1cc(C)ccc1C. The summed E-state index contributed by atoms with van der Waals surface area (Å²) < 4.78 is 0. The van der Waals surface area contributed by atoms with E-state index in [2.05, 4.69) is 44.5 Å². The Kier molecular flexibility index (Phi) is 3.46. The van der Waals surface area contributed by atoms with Crippen molar-refractivity contribution in [3.8, 4) is 0 Å². The van der Waals surface area contributed by atoms with Crippen LogP contribution in [0.25, 0.3) is 0 Å². The van der Waals surface area contributed by atoms with Crippen molar-refractivity contribution in [2.45, 2.75) is 33.2 Å². The molecular formula is C11H17NO. The van der Waals surface area contributed by atoms with E-state index in [1.54, 1.807) is 0 Å². The third-order valence-corrected chi connectivity index (χ3v) is 2.37. The third kappa shape index (κ3) is 2.29. The van der Waals surface area contributed by atoms with Crippen molar-refractivity contribution in [2.24, 2.45) is 0 Å². The van der Waals surface area contributed by atoms with E-state index in [4.69, 9.17) is 5.21 Å². The Balaban J connectivity index is 3.03. The molecule has 13 heavy (non-hydrogen) atoms. The molecule has 2 heteroatoms. The van der Waals surface area contributed by atoms with Crippen molar-refractivity contribution in [3.05, 3.63) is 34.9 Å². The van der Waals surface area contributed by atoms with Crippen molar-refractivity contribution in [3.63, 3.8) is 0 Å². The molecule has 0 radical (unpaired) electrons. The lowest BCUT2D eigenvalue weighted by Crippen LogP contribution is -2.17. The van der Waals surface area contributed by atoms with Gasteiger partial charge in [-0.25, -0.2) is 0 Å². The lowest BCUT2D eigenvalue weighted by Gasteiger charge is -2.16. The zero-order valence-corrected chi connectivity index (χ0v) is 8.46. The summed E-state index contributed by atoms with van der Waals surface area (Å²) in [5.41, 5.74) is 5.97. The lowest BCUT2D eigenvalue weighted by atomic mass is 9.98. The Morgan fingerprint density at radius 3 is 2.62 bits per heavy atom. The average molecular weight is 179 g/mol. The van der Waals surface area contributed by atoms with E-state index in [1.807, 2.05) is 0 Å². The van der Waals surface area contributed by atoms with Crippen molar-refractivity contribution in [1.29, 1.82) is 0 Å². The van der Waals surface area contributed by atoms with Crippen LogP contribution in [0.2, 0.25) is 0 Å². The molecule has 1 rings (SSSR count). The molecule has 0 saturated heterocycles. The third-order valence-electron chi connectivity index (χ3n) is 2.37. The standard InChI is InChI=1S/C11H17NO/c1-4-11(12-13)10-7-8(2)5-6-9(10)3/h5-7,11-13H,4H2,1-3H3/t11-/m1/s1. The van der Waals surface area contributed by atoms with Gasteiger partial charge in [0.1, 0.15) is 0 Å². The molecule has 72 valence electrons. The number of hydrogen-bond acceptors (Lipinski definition) is 2. The molecule has 1 atom stereocenters. The van der Waals surface area contributed by atoms with Crippen LogP contribution in [-0.4, -0.2) is 5.21 Å². The van der Waals surface area contributed by atoms with E-state index >= 15 is 0 Å². The van der Waals surface area contributed by atoms with Gasteiger partial charge in [-0.1, -0.05) is 30.7 Å². The normalized spacial score (nSPS) is 12.9. The van der Waals surface area contributed by atoms with Gasteiger partial charge in [0.2, 0.25) is 0 Å². The Labute approximate surface area is 79.6 Å². The molecule has 0 unspecified atom stereocenters. The first kappa shape index (κ1) is 10.2. The van der Waals surface area contributed by atoms with E-state index in [0.29, 0.717) is 0 Å². The van der Waals surface area contributed by atoms with Crippen LogP contribution in [0.3, 0.4) is 0 Å². The highest BCUT2D eigenvalue weighted by Crippen LogP contribution is 2.21. The summed E-state index contributed by atoms with van der Waals surface area (Å²) in [6.45, 7) is 6.18. The van der Waals surface area contributed by atoms with Crippen LogP contribution in [-0.2, 0) is 0 Å². The van der Waals surface area contributed by atoms with Gasteiger partial charge in [-0.15, -0.1) is 0 Å². The molecule has 1 aromatic rings. The lowest BCUT2D eigenvalue weighted by molar-refractivity contribution is 0.124. The second-order valence-electron chi connectivity index (χ2n) is 3.45. The van der Waals surface area contributed by atoms with Gasteiger partial charge in [-0.05, 0) is 31.4 Å². The molecule has 0 heterocycles. The summed E-state index contributed by atoms with van der Waals surface area (Å²) in [6, 6.07) is 6.35. The second-order valence-corrected chi connectivity index (χ2v) is 3.45. The van der Waals surface area contributed by atoms with Gasteiger partial charge in [0, 0.05) is 0 Å². The molecule has 0 bridgehead atoms. The number of benzene rings is 1. The van der Waals surface area contributed by atoms with Gasteiger partial charge < -0.3 is 5.21 Å². The molecule has 0 aliphatic heterocycles. The first-order chi connectivity index (χ1) is 6.19. The van der Waals surface area contributed by atoms with Crippen LogP contribution in [0, 0.1) is 13.8 Å². The summed E-state index contributed by atoms with van der Waals surface area (Å²) >= 11 is 0. The van der Waals surface area contributed by atoms with E-state index < -0.39 is 0 Å². The van der Waals surface area contributed by atoms with Gasteiger partial charge in [0.05, 0.1) is 6.04 Å². The van der Waals surface area contributed by atoms with E-state index in [0.717, 1.165) is 6.42 Å². The molecule has 0 aliphatic rings. The van der Waals surface area contributed by atoms with Crippen LogP contribution in [0.4, 0.5) is 0 Å². The molecule has 0 saturated carbocycles. The molecule has 0 aromatic heterocycles. The largest absolute Gasteiger partial charge is 0.316 e. The van der Waals surface area contributed by atoms with Gasteiger partial charge in [-0.2, -0.15) is 5.48 Å². The maximum Gasteiger partial charge on any atom is 0.0569 e. The molecule has 0 aliphatic carbocycles. The number of hydroxylamine groups is 1. The van der Waals surface area contributed by atoms with Gasteiger partial charge >= 0.3 is 0 Å². The minimum atomic E-state index is 0.0555. The van der Waals surface area contributed by atoms with Crippen molar-refractivity contribution >= 4 is 0 Å². The number of hydrogen-bond donors (Lipinski definition) is 2. The van der Waals surface area contributed by atoms with Crippen molar-refractivity contribution < 1.29 is 5.21 Å². The molecule has 0 fully saturated rings. The quantitative estimate of drug-likeness (QED) is 0.699. The van der Waals surface area contributed by atoms with Crippen molar-refractivity contribution in [2.75, 3.05) is 0 Å². The van der Waals surface area contributed by atoms with Gasteiger partial charge in [0.25, 0.3) is 0 Å². The van der Waals surface area contributed by atoms with Crippen LogP contribution in [0.15, 0.2) is 18.2 Å². The topological polar surface area (TPSA) is 32.3 Å². The van der Waals surface area contributed by atoms with E-state index in [9.17, 15) is 0 Å².